The molecule has 2 N–H and O–H groups in total. The van der Waals surface area contributed by atoms with Crippen LogP contribution in [0.4, 0.5) is 13.2 Å². The minimum absolute atomic E-state index is 0.0640. The third-order valence-corrected chi connectivity index (χ3v) is 3.36. The summed E-state index contributed by atoms with van der Waals surface area (Å²) in [5.74, 6) is 4.69. The molecule has 0 bridgehead atoms. The first kappa shape index (κ1) is 20.8. The van der Waals surface area contributed by atoms with Gasteiger partial charge >= 0.3 is 6.18 Å². The zero-order valence-corrected chi connectivity index (χ0v) is 14.7. The number of benzene rings is 2. The fourth-order valence-corrected chi connectivity index (χ4v) is 2.02. The van der Waals surface area contributed by atoms with Crippen LogP contribution in [0.1, 0.15) is 11.1 Å². The fraction of sp³-hybridized carbons (Fsp3) is 0.200. The van der Waals surface area contributed by atoms with Crippen molar-refractivity contribution in [1.29, 1.82) is 0 Å². The van der Waals surface area contributed by atoms with Crippen LogP contribution in [0, 0.1) is 11.8 Å². The van der Waals surface area contributed by atoms with Crippen molar-refractivity contribution in [3.8, 4) is 17.6 Å². The van der Waals surface area contributed by atoms with Crippen molar-refractivity contribution in [2.45, 2.75) is 6.18 Å². The van der Waals surface area contributed by atoms with E-state index < -0.39 is 23.6 Å². The second kappa shape index (κ2) is 10.0. The Kier molecular flexibility index (Phi) is 7.45. The van der Waals surface area contributed by atoms with Gasteiger partial charge in [0.05, 0.1) is 18.7 Å². The van der Waals surface area contributed by atoms with Crippen molar-refractivity contribution in [3.63, 3.8) is 0 Å². The minimum atomic E-state index is -4.44. The van der Waals surface area contributed by atoms with Gasteiger partial charge in [-0.2, -0.15) is 13.2 Å². The Hall–Kier alpha value is -3.47. The van der Waals surface area contributed by atoms with E-state index in [1.807, 2.05) is 6.07 Å². The molecule has 0 fully saturated rings. The van der Waals surface area contributed by atoms with Gasteiger partial charge in [0, 0.05) is 5.56 Å². The summed E-state index contributed by atoms with van der Waals surface area (Å²) in [4.78, 5) is 23.2. The number of para-hydroxylation sites is 1. The Labute approximate surface area is 159 Å². The van der Waals surface area contributed by atoms with Crippen LogP contribution < -0.4 is 15.4 Å². The first-order chi connectivity index (χ1) is 13.3. The highest BCUT2D eigenvalue weighted by molar-refractivity contribution is 5.85. The van der Waals surface area contributed by atoms with Gasteiger partial charge in [0.2, 0.25) is 5.91 Å². The van der Waals surface area contributed by atoms with Gasteiger partial charge in [0.1, 0.15) is 5.75 Å². The fourth-order valence-electron chi connectivity index (χ4n) is 2.02. The predicted molar refractivity (Wildman–Crippen MR) is 96.3 cm³/mol. The monoisotopic (exact) mass is 390 g/mol. The number of ether oxygens (including phenoxy) is 1. The highest BCUT2D eigenvalue weighted by atomic mass is 19.4. The summed E-state index contributed by atoms with van der Waals surface area (Å²) >= 11 is 0. The average Bonchev–Trinajstić information content (AvgIpc) is 2.68. The number of alkyl halides is 3. The molecular formula is C20H17F3N2O3. The lowest BCUT2D eigenvalue weighted by Gasteiger charge is -2.07. The molecule has 0 aliphatic heterocycles. The van der Waals surface area contributed by atoms with Gasteiger partial charge in [0.25, 0.3) is 5.91 Å². The Morgan fingerprint density at radius 2 is 1.71 bits per heavy atom. The van der Waals surface area contributed by atoms with E-state index in [4.69, 9.17) is 4.74 Å². The lowest BCUT2D eigenvalue weighted by Crippen LogP contribution is -2.39. The zero-order chi connectivity index (χ0) is 20.4. The van der Waals surface area contributed by atoms with Crippen molar-refractivity contribution in [2.75, 3.05) is 19.7 Å². The normalized spacial score (nSPS) is 10.4. The first-order valence-electron chi connectivity index (χ1n) is 8.22. The van der Waals surface area contributed by atoms with Crippen LogP contribution in [0.3, 0.4) is 0 Å². The second-order valence-electron chi connectivity index (χ2n) is 5.54. The molecule has 28 heavy (non-hydrogen) atoms. The number of halogens is 3. The van der Waals surface area contributed by atoms with Gasteiger partial charge in [-0.25, -0.2) is 0 Å². The molecule has 0 radical (unpaired) electrons. The lowest BCUT2D eigenvalue weighted by molar-refractivity contribution is -0.137. The summed E-state index contributed by atoms with van der Waals surface area (Å²) < 4.78 is 43.1. The molecule has 0 saturated heterocycles. The molecule has 0 aromatic heterocycles. The summed E-state index contributed by atoms with van der Waals surface area (Å²) in [7, 11) is 0. The highest BCUT2D eigenvalue weighted by Crippen LogP contribution is 2.29. The van der Waals surface area contributed by atoms with E-state index in [0.29, 0.717) is 5.75 Å². The van der Waals surface area contributed by atoms with Gasteiger partial charge < -0.3 is 15.4 Å². The molecule has 2 aromatic carbocycles. The van der Waals surface area contributed by atoms with Gasteiger partial charge in [-0.15, -0.1) is 0 Å². The number of hydrogen-bond acceptors (Lipinski definition) is 3. The third-order valence-electron chi connectivity index (χ3n) is 3.36. The topological polar surface area (TPSA) is 67.4 Å². The number of amides is 2. The summed E-state index contributed by atoms with van der Waals surface area (Å²) in [6.45, 7) is -0.555. The van der Waals surface area contributed by atoms with Crippen molar-refractivity contribution < 1.29 is 27.5 Å². The van der Waals surface area contributed by atoms with Crippen LogP contribution in [-0.2, 0) is 15.8 Å². The van der Waals surface area contributed by atoms with E-state index in [2.05, 4.69) is 22.5 Å². The maximum absolute atomic E-state index is 12.6. The zero-order valence-electron chi connectivity index (χ0n) is 14.7. The first-order valence-corrected chi connectivity index (χ1v) is 8.22. The number of carbonyl (C=O) groups is 2. The quantitative estimate of drug-likeness (QED) is 0.745. The van der Waals surface area contributed by atoms with Crippen molar-refractivity contribution >= 4 is 11.8 Å². The predicted octanol–water partition coefficient (Wildman–Crippen LogP) is 2.37. The molecule has 146 valence electrons. The van der Waals surface area contributed by atoms with Gasteiger partial charge in [-0.3, -0.25) is 9.59 Å². The van der Waals surface area contributed by atoms with Gasteiger partial charge in [-0.05, 0) is 30.3 Å². The molecule has 0 aliphatic rings. The summed E-state index contributed by atoms with van der Waals surface area (Å²) in [5, 5.41) is 4.82. The molecule has 2 rings (SSSR count). The maximum atomic E-state index is 12.6. The van der Waals surface area contributed by atoms with E-state index in [1.54, 1.807) is 24.3 Å². The number of hydrogen-bond donors (Lipinski definition) is 2. The highest BCUT2D eigenvalue weighted by Gasteiger charge is 2.30. The van der Waals surface area contributed by atoms with E-state index in [0.717, 1.165) is 12.1 Å². The average molecular weight is 390 g/mol. The van der Waals surface area contributed by atoms with Crippen LogP contribution >= 0.6 is 0 Å². The Morgan fingerprint density at radius 1 is 0.964 bits per heavy atom. The molecule has 0 unspecified atom stereocenters. The molecule has 0 aliphatic carbocycles. The van der Waals surface area contributed by atoms with E-state index in [1.165, 1.54) is 12.1 Å². The Bertz CT molecular complexity index is 872. The van der Waals surface area contributed by atoms with Crippen LogP contribution in [0.15, 0.2) is 54.6 Å². The number of rotatable bonds is 6. The van der Waals surface area contributed by atoms with E-state index in [9.17, 15) is 22.8 Å². The molecule has 2 amide bonds. The Balaban J connectivity index is 1.69. The standard InChI is InChI=1S/C20H17F3N2O3/c21-20(22,23)16-8-4-6-15(12-16)7-5-11-24-18(26)13-25-19(27)14-28-17-9-2-1-3-10-17/h1-4,6,8-10,12H,11,13-14H2,(H,24,26)(H,25,27). The van der Waals surface area contributed by atoms with Crippen molar-refractivity contribution in [3.05, 3.63) is 65.7 Å². The van der Waals surface area contributed by atoms with Crippen molar-refractivity contribution in [2.24, 2.45) is 0 Å². The van der Waals surface area contributed by atoms with Gasteiger partial charge in [-0.1, -0.05) is 36.1 Å². The summed E-state index contributed by atoms with van der Waals surface area (Å²) in [6.07, 6.45) is -4.44. The molecule has 2 aromatic rings. The molecule has 0 atom stereocenters. The molecule has 5 nitrogen and oxygen atoms in total. The van der Waals surface area contributed by atoms with Crippen LogP contribution in [0.25, 0.3) is 0 Å². The second-order valence-corrected chi connectivity index (χ2v) is 5.54. The van der Waals surface area contributed by atoms with Crippen LogP contribution in [0.2, 0.25) is 0 Å². The molecule has 0 saturated carbocycles. The SMILES string of the molecule is O=C(CNC(=O)COc1ccccc1)NCC#Cc1cccc(C(F)(F)F)c1. The van der Waals surface area contributed by atoms with Gasteiger partial charge in [0.15, 0.2) is 6.61 Å². The maximum Gasteiger partial charge on any atom is 0.416 e. The molecule has 0 spiro atoms. The Morgan fingerprint density at radius 3 is 2.43 bits per heavy atom. The van der Waals surface area contributed by atoms with Crippen molar-refractivity contribution in [1.82, 2.24) is 10.6 Å². The summed E-state index contributed by atoms with van der Waals surface area (Å²) in [5.41, 5.74) is -0.598. The molecule has 0 heterocycles. The van der Waals surface area contributed by atoms with Crippen LogP contribution in [0.5, 0.6) is 5.75 Å². The lowest BCUT2D eigenvalue weighted by atomic mass is 10.1. The number of carbonyl (C=O) groups excluding carboxylic acids is 2. The molecule has 8 heteroatoms. The molecular weight excluding hydrogens is 373 g/mol. The largest absolute Gasteiger partial charge is 0.484 e. The number of nitrogens with one attached hydrogen (secondary N) is 2. The third kappa shape index (κ3) is 7.41. The van der Waals surface area contributed by atoms with E-state index in [-0.39, 0.29) is 25.3 Å². The van der Waals surface area contributed by atoms with E-state index >= 15 is 0 Å². The minimum Gasteiger partial charge on any atom is -0.484 e. The summed E-state index contributed by atoms with van der Waals surface area (Å²) in [6, 6.07) is 13.3. The van der Waals surface area contributed by atoms with Crippen LogP contribution in [-0.4, -0.2) is 31.5 Å². The smallest absolute Gasteiger partial charge is 0.416 e.